The molecular formula is C23H33NO3S. The molecule has 1 heterocycles. The highest BCUT2D eigenvalue weighted by molar-refractivity contribution is 7.91. The number of hydrogen-bond donors (Lipinski definition) is 0. The minimum Gasteiger partial charge on any atom is -0.445 e. The van der Waals surface area contributed by atoms with Gasteiger partial charge < -0.3 is 4.42 Å². The molecule has 154 valence electrons. The third-order valence-electron chi connectivity index (χ3n) is 6.46. The molecule has 2 aromatic rings. The van der Waals surface area contributed by atoms with E-state index in [0.717, 1.165) is 31.2 Å². The number of hydrogen-bond acceptors (Lipinski definition) is 4. The van der Waals surface area contributed by atoms with Gasteiger partial charge in [-0.2, -0.15) is 0 Å². The molecule has 0 bridgehead atoms. The van der Waals surface area contributed by atoms with Gasteiger partial charge in [0.25, 0.3) is 0 Å². The van der Waals surface area contributed by atoms with Crippen molar-refractivity contribution < 1.29 is 12.8 Å². The van der Waals surface area contributed by atoms with Crippen LogP contribution in [0, 0.1) is 24.7 Å². The summed E-state index contributed by atoms with van der Waals surface area (Å²) in [5.41, 5.74) is 3.68. The van der Waals surface area contributed by atoms with Gasteiger partial charge in [0.2, 0.25) is 5.89 Å². The summed E-state index contributed by atoms with van der Waals surface area (Å²) in [6, 6.07) is 6.43. The monoisotopic (exact) mass is 403 g/mol. The lowest BCUT2D eigenvalue weighted by molar-refractivity contribution is 0.202. The summed E-state index contributed by atoms with van der Waals surface area (Å²) in [5.74, 6) is 2.53. The highest BCUT2D eigenvalue weighted by Gasteiger charge is 2.31. The van der Waals surface area contributed by atoms with Crippen molar-refractivity contribution in [3.63, 3.8) is 0 Å². The standard InChI is InChI=1S/C23H33NO3S/c1-16(2)28(25,26)15-22-8-6-19(13-17(22)3)5-7-20-9-10-21(14-18(20)4)23-24-11-12-27-23/h9-12,14,16-17,19,22H,5-8,13,15H2,1-4H3/t17?,19-,22?/m1/s1. The van der Waals surface area contributed by atoms with Crippen LogP contribution < -0.4 is 0 Å². The Hall–Kier alpha value is -1.62. The number of benzene rings is 1. The Morgan fingerprint density at radius 1 is 1.25 bits per heavy atom. The van der Waals surface area contributed by atoms with E-state index in [-0.39, 0.29) is 5.25 Å². The van der Waals surface area contributed by atoms with Crippen LogP contribution in [0.5, 0.6) is 0 Å². The molecule has 4 nitrogen and oxygen atoms in total. The van der Waals surface area contributed by atoms with Crippen LogP contribution >= 0.6 is 0 Å². The molecular weight excluding hydrogens is 370 g/mol. The number of rotatable bonds is 7. The van der Waals surface area contributed by atoms with Crippen molar-refractivity contribution in [2.24, 2.45) is 17.8 Å². The molecule has 0 radical (unpaired) electrons. The lowest BCUT2D eigenvalue weighted by Gasteiger charge is -2.34. The van der Waals surface area contributed by atoms with Crippen molar-refractivity contribution in [2.75, 3.05) is 5.75 Å². The van der Waals surface area contributed by atoms with Gasteiger partial charge in [0.1, 0.15) is 6.26 Å². The molecule has 3 atom stereocenters. The average molecular weight is 404 g/mol. The molecule has 2 unspecified atom stereocenters. The van der Waals surface area contributed by atoms with Crippen molar-refractivity contribution in [3.8, 4) is 11.5 Å². The topological polar surface area (TPSA) is 60.2 Å². The maximum absolute atomic E-state index is 12.3. The highest BCUT2D eigenvalue weighted by Crippen LogP contribution is 2.37. The molecule has 1 aromatic heterocycles. The molecule has 0 saturated heterocycles. The van der Waals surface area contributed by atoms with Crippen LogP contribution in [0.2, 0.25) is 0 Å². The zero-order valence-corrected chi connectivity index (χ0v) is 18.3. The molecule has 1 saturated carbocycles. The zero-order chi connectivity index (χ0) is 20.3. The van der Waals surface area contributed by atoms with Crippen LogP contribution in [-0.4, -0.2) is 24.4 Å². The highest BCUT2D eigenvalue weighted by atomic mass is 32.2. The van der Waals surface area contributed by atoms with Gasteiger partial charge in [0, 0.05) is 5.56 Å². The fourth-order valence-corrected chi connectivity index (χ4v) is 5.88. The maximum Gasteiger partial charge on any atom is 0.225 e. The van der Waals surface area contributed by atoms with Crippen LogP contribution in [-0.2, 0) is 16.3 Å². The molecule has 28 heavy (non-hydrogen) atoms. The predicted molar refractivity (Wildman–Crippen MR) is 114 cm³/mol. The molecule has 0 aliphatic heterocycles. The lowest BCUT2D eigenvalue weighted by Crippen LogP contribution is -2.31. The lowest BCUT2D eigenvalue weighted by atomic mass is 9.74. The second-order valence-electron chi connectivity index (χ2n) is 8.81. The maximum atomic E-state index is 12.3. The van der Waals surface area contributed by atoms with E-state index >= 15 is 0 Å². The molecule has 0 amide bonds. The average Bonchev–Trinajstić information content (AvgIpc) is 3.17. The van der Waals surface area contributed by atoms with Crippen molar-refractivity contribution in [1.29, 1.82) is 0 Å². The van der Waals surface area contributed by atoms with Gasteiger partial charge in [-0.05, 0) is 87.5 Å². The molecule has 5 heteroatoms. The van der Waals surface area contributed by atoms with Crippen LogP contribution in [0.25, 0.3) is 11.5 Å². The summed E-state index contributed by atoms with van der Waals surface area (Å²) in [5, 5.41) is -0.264. The molecule has 3 rings (SSSR count). The molecule has 1 fully saturated rings. The van der Waals surface area contributed by atoms with Gasteiger partial charge in [0.15, 0.2) is 9.84 Å². The number of sulfone groups is 1. The molecule has 0 spiro atoms. The molecule has 1 aliphatic carbocycles. The Morgan fingerprint density at radius 2 is 2.04 bits per heavy atom. The van der Waals surface area contributed by atoms with Crippen LogP contribution in [0.4, 0.5) is 0 Å². The molecule has 1 aliphatic rings. The minimum atomic E-state index is -2.94. The van der Waals surface area contributed by atoms with Crippen LogP contribution in [0.15, 0.2) is 35.1 Å². The van der Waals surface area contributed by atoms with Gasteiger partial charge in [-0.25, -0.2) is 13.4 Å². The fourth-order valence-electron chi connectivity index (χ4n) is 4.41. The quantitative estimate of drug-likeness (QED) is 0.616. The number of oxazole rings is 1. The third-order valence-corrected chi connectivity index (χ3v) is 8.79. The number of aryl methyl sites for hydroxylation is 2. The Balaban J connectivity index is 1.54. The van der Waals surface area contributed by atoms with Crippen LogP contribution in [0.3, 0.4) is 0 Å². The summed E-state index contributed by atoms with van der Waals surface area (Å²) in [7, 11) is -2.94. The Bertz CT molecular complexity index is 871. The largest absolute Gasteiger partial charge is 0.445 e. The first-order valence-corrected chi connectivity index (χ1v) is 12.2. The SMILES string of the molecule is Cc1cc(-c2ncco2)ccc1CC[C@@H]1CCC(CS(=O)(=O)C(C)C)C(C)C1. The van der Waals surface area contributed by atoms with E-state index in [0.29, 0.717) is 29.4 Å². The summed E-state index contributed by atoms with van der Waals surface area (Å²) >= 11 is 0. The normalized spacial score (nSPS) is 23.2. The van der Waals surface area contributed by atoms with Crippen molar-refractivity contribution in [3.05, 3.63) is 41.8 Å². The minimum absolute atomic E-state index is 0.264. The molecule has 0 N–H and O–H groups in total. The first-order chi connectivity index (χ1) is 13.3. The summed E-state index contributed by atoms with van der Waals surface area (Å²) in [4.78, 5) is 4.22. The van der Waals surface area contributed by atoms with E-state index in [1.54, 1.807) is 26.3 Å². The van der Waals surface area contributed by atoms with Gasteiger partial charge in [-0.1, -0.05) is 19.4 Å². The summed E-state index contributed by atoms with van der Waals surface area (Å²) in [6.45, 7) is 7.98. The Morgan fingerprint density at radius 3 is 2.64 bits per heavy atom. The van der Waals surface area contributed by atoms with Crippen molar-refractivity contribution in [1.82, 2.24) is 4.98 Å². The predicted octanol–water partition coefficient (Wildman–Crippen LogP) is 5.46. The van der Waals surface area contributed by atoms with E-state index in [2.05, 4.69) is 37.0 Å². The second-order valence-corrected chi connectivity index (χ2v) is 11.4. The Kier molecular flexibility index (Phi) is 6.64. The van der Waals surface area contributed by atoms with Gasteiger partial charge in [-0.3, -0.25) is 0 Å². The van der Waals surface area contributed by atoms with Gasteiger partial charge in [0.05, 0.1) is 17.2 Å². The van der Waals surface area contributed by atoms with Gasteiger partial charge >= 0.3 is 0 Å². The number of aromatic nitrogens is 1. The van der Waals surface area contributed by atoms with E-state index < -0.39 is 9.84 Å². The van der Waals surface area contributed by atoms with Gasteiger partial charge in [-0.15, -0.1) is 0 Å². The Labute approximate surface area is 169 Å². The van der Waals surface area contributed by atoms with Crippen molar-refractivity contribution >= 4 is 9.84 Å². The third kappa shape index (κ3) is 5.05. The fraction of sp³-hybridized carbons (Fsp3) is 0.609. The van der Waals surface area contributed by atoms with E-state index in [1.165, 1.54) is 17.5 Å². The smallest absolute Gasteiger partial charge is 0.225 e. The van der Waals surface area contributed by atoms with E-state index in [4.69, 9.17) is 4.42 Å². The first-order valence-electron chi connectivity index (χ1n) is 10.5. The second kappa shape index (κ2) is 8.81. The van der Waals surface area contributed by atoms with E-state index in [9.17, 15) is 8.42 Å². The molecule has 1 aromatic carbocycles. The zero-order valence-electron chi connectivity index (χ0n) is 17.5. The first kappa shape index (κ1) is 21.1. The van der Waals surface area contributed by atoms with Crippen molar-refractivity contribution in [2.45, 2.75) is 65.0 Å². The summed E-state index contributed by atoms with van der Waals surface area (Å²) < 4.78 is 29.9. The number of nitrogens with zero attached hydrogens (tertiary/aromatic N) is 1. The van der Waals surface area contributed by atoms with Crippen LogP contribution in [0.1, 0.15) is 57.6 Å². The summed E-state index contributed by atoms with van der Waals surface area (Å²) in [6.07, 6.45) is 8.85. The van der Waals surface area contributed by atoms with E-state index in [1.807, 2.05) is 0 Å².